The average molecular weight is 356 g/mol. The lowest BCUT2D eigenvalue weighted by atomic mass is 10.1. The van der Waals surface area contributed by atoms with Crippen LogP contribution >= 0.6 is 0 Å². The van der Waals surface area contributed by atoms with Gasteiger partial charge in [0.2, 0.25) is 5.91 Å². The number of aliphatic carboxylic acids is 1. The number of carboxylic acids is 1. The molecule has 0 bridgehead atoms. The number of benzene rings is 1. The van der Waals surface area contributed by atoms with Gasteiger partial charge in [-0.1, -0.05) is 18.2 Å². The van der Waals surface area contributed by atoms with E-state index < -0.39 is 12.0 Å². The number of nitrogens with zero attached hydrogens (tertiary/aromatic N) is 2. The predicted octanol–water partition coefficient (Wildman–Crippen LogP) is 1.52. The van der Waals surface area contributed by atoms with Crippen LogP contribution < -0.4 is 4.74 Å². The Bertz CT molecular complexity index is 766. The zero-order chi connectivity index (χ0) is 18.4. The molecule has 1 aliphatic heterocycles. The number of amides is 1. The van der Waals surface area contributed by atoms with Gasteiger partial charge in [0.25, 0.3) is 0 Å². The maximum Gasteiger partial charge on any atom is 0.328 e. The molecule has 7 nitrogen and oxygen atoms in total. The minimum Gasteiger partial charge on any atom is -0.489 e. The van der Waals surface area contributed by atoms with Gasteiger partial charge in [-0.3, -0.25) is 9.78 Å². The van der Waals surface area contributed by atoms with E-state index >= 15 is 0 Å². The first-order valence-electron chi connectivity index (χ1n) is 8.34. The van der Waals surface area contributed by atoms with E-state index in [0.717, 1.165) is 11.1 Å². The maximum absolute atomic E-state index is 12.5. The first-order chi connectivity index (χ1) is 12.6. The average Bonchev–Trinajstić information content (AvgIpc) is 2.67. The molecule has 1 aromatic carbocycles. The number of ether oxygens (including phenoxy) is 2. The number of morpholine rings is 1. The maximum atomic E-state index is 12.5. The van der Waals surface area contributed by atoms with Gasteiger partial charge in [0.15, 0.2) is 6.04 Å². The van der Waals surface area contributed by atoms with Crippen LogP contribution in [0.5, 0.6) is 5.75 Å². The van der Waals surface area contributed by atoms with Gasteiger partial charge in [0.1, 0.15) is 12.4 Å². The fraction of sp³-hybridized carbons (Fsp3) is 0.316. The van der Waals surface area contributed by atoms with Gasteiger partial charge in [-0.2, -0.15) is 0 Å². The van der Waals surface area contributed by atoms with Crippen molar-refractivity contribution in [1.82, 2.24) is 9.88 Å². The second kappa shape index (κ2) is 8.44. The number of pyridine rings is 1. The summed E-state index contributed by atoms with van der Waals surface area (Å²) in [6, 6.07) is 10.1. The number of hydrogen-bond acceptors (Lipinski definition) is 5. The van der Waals surface area contributed by atoms with Crippen molar-refractivity contribution in [3.05, 3.63) is 59.9 Å². The normalized spacial score (nSPS) is 16.9. The molecular formula is C19H20N2O5. The Morgan fingerprint density at radius 1 is 1.27 bits per heavy atom. The summed E-state index contributed by atoms with van der Waals surface area (Å²) >= 11 is 0. The van der Waals surface area contributed by atoms with Crippen LogP contribution in [0.25, 0.3) is 0 Å². The topological polar surface area (TPSA) is 89.0 Å². The van der Waals surface area contributed by atoms with E-state index in [9.17, 15) is 14.7 Å². The summed E-state index contributed by atoms with van der Waals surface area (Å²) in [4.78, 5) is 29.2. The summed E-state index contributed by atoms with van der Waals surface area (Å²) in [6.07, 6.45) is 3.55. The standard InChI is InChI=1S/C19H20N2O5/c22-18(21-7-8-25-13-17(21)19(23)24)10-14-3-1-5-16(9-14)26-12-15-4-2-6-20-11-15/h1-6,9,11,17H,7-8,10,12-13H2,(H,23,24). The van der Waals surface area contributed by atoms with Crippen molar-refractivity contribution >= 4 is 11.9 Å². The zero-order valence-corrected chi connectivity index (χ0v) is 14.2. The fourth-order valence-electron chi connectivity index (χ4n) is 2.78. The van der Waals surface area contributed by atoms with E-state index in [-0.39, 0.29) is 25.5 Å². The van der Waals surface area contributed by atoms with Crippen LogP contribution in [0.3, 0.4) is 0 Å². The first-order valence-corrected chi connectivity index (χ1v) is 8.34. The number of carboxylic acid groups (broad SMARTS) is 1. The Morgan fingerprint density at radius 3 is 2.88 bits per heavy atom. The van der Waals surface area contributed by atoms with Crippen molar-refractivity contribution in [2.45, 2.75) is 19.1 Å². The number of aromatic nitrogens is 1. The highest BCUT2D eigenvalue weighted by Gasteiger charge is 2.32. The fourth-order valence-corrected chi connectivity index (χ4v) is 2.78. The van der Waals surface area contributed by atoms with Crippen LogP contribution in [-0.2, 0) is 27.4 Å². The van der Waals surface area contributed by atoms with Gasteiger partial charge in [-0.25, -0.2) is 4.79 Å². The van der Waals surface area contributed by atoms with Gasteiger partial charge < -0.3 is 19.5 Å². The molecule has 1 unspecified atom stereocenters. The highest BCUT2D eigenvalue weighted by molar-refractivity contribution is 5.85. The van der Waals surface area contributed by atoms with Crippen LogP contribution in [0.2, 0.25) is 0 Å². The van der Waals surface area contributed by atoms with Crippen molar-refractivity contribution in [3.63, 3.8) is 0 Å². The molecule has 26 heavy (non-hydrogen) atoms. The highest BCUT2D eigenvalue weighted by atomic mass is 16.5. The molecule has 1 N–H and O–H groups in total. The van der Waals surface area contributed by atoms with Gasteiger partial charge in [-0.05, 0) is 23.8 Å². The molecule has 1 aliphatic rings. The minimum absolute atomic E-state index is 0.0232. The number of hydrogen-bond donors (Lipinski definition) is 1. The minimum atomic E-state index is -1.05. The Hall–Kier alpha value is -2.93. The summed E-state index contributed by atoms with van der Waals surface area (Å²) in [5, 5.41) is 9.25. The molecule has 0 saturated carbocycles. The Balaban J connectivity index is 1.62. The van der Waals surface area contributed by atoms with E-state index in [1.54, 1.807) is 18.5 Å². The van der Waals surface area contributed by atoms with E-state index in [2.05, 4.69) is 4.98 Å². The van der Waals surface area contributed by atoms with Gasteiger partial charge in [-0.15, -0.1) is 0 Å². The van der Waals surface area contributed by atoms with Crippen LogP contribution in [0.4, 0.5) is 0 Å². The molecule has 1 aromatic heterocycles. The Kier molecular flexibility index (Phi) is 5.80. The second-order valence-electron chi connectivity index (χ2n) is 5.99. The van der Waals surface area contributed by atoms with Gasteiger partial charge in [0, 0.05) is 24.5 Å². The molecule has 136 valence electrons. The smallest absolute Gasteiger partial charge is 0.328 e. The molecule has 0 radical (unpaired) electrons. The monoisotopic (exact) mass is 356 g/mol. The van der Waals surface area contributed by atoms with Crippen molar-refractivity contribution in [1.29, 1.82) is 0 Å². The van der Waals surface area contributed by atoms with Crippen molar-refractivity contribution in [3.8, 4) is 5.75 Å². The molecule has 3 rings (SSSR count). The predicted molar refractivity (Wildman–Crippen MR) is 92.7 cm³/mol. The second-order valence-corrected chi connectivity index (χ2v) is 5.99. The van der Waals surface area contributed by atoms with Crippen molar-refractivity contribution in [2.75, 3.05) is 19.8 Å². The highest BCUT2D eigenvalue weighted by Crippen LogP contribution is 2.17. The van der Waals surface area contributed by atoms with Crippen LogP contribution in [0, 0.1) is 0 Å². The van der Waals surface area contributed by atoms with Gasteiger partial charge >= 0.3 is 5.97 Å². The van der Waals surface area contributed by atoms with Gasteiger partial charge in [0.05, 0.1) is 19.6 Å². The Morgan fingerprint density at radius 2 is 2.12 bits per heavy atom. The number of carbonyl (C=O) groups is 2. The lowest BCUT2D eigenvalue weighted by Gasteiger charge is -2.33. The van der Waals surface area contributed by atoms with Crippen LogP contribution in [-0.4, -0.2) is 52.7 Å². The Labute approximate surface area is 151 Å². The molecule has 1 fully saturated rings. The number of rotatable bonds is 6. The molecule has 1 atom stereocenters. The summed E-state index contributed by atoms with van der Waals surface area (Å²) < 4.78 is 10.9. The van der Waals surface area contributed by atoms with Crippen molar-refractivity contribution < 1.29 is 24.2 Å². The molecule has 1 saturated heterocycles. The van der Waals surface area contributed by atoms with E-state index in [1.807, 2.05) is 30.3 Å². The quantitative estimate of drug-likeness (QED) is 0.844. The van der Waals surface area contributed by atoms with Crippen LogP contribution in [0.15, 0.2) is 48.8 Å². The summed E-state index contributed by atoms with van der Waals surface area (Å²) in [5.41, 5.74) is 1.72. The molecule has 0 spiro atoms. The lowest BCUT2D eigenvalue weighted by Crippen LogP contribution is -2.53. The number of carbonyl (C=O) groups excluding carboxylic acids is 1. The lowest BCUT2D eigenvalue weighted by molar-refractivity contribution is -0.158. The van der Waals surface area contributed by atoms with E-state index in [1.165, 1.54) is 4.90 Å². The molecule has 2 heterocycles. The molecule has 7 heteroatoms. The molecular weight excluding hydrogens is 336 g/mol. The summed E-state index contributed by atoms with van der Waals surface area (Å²) in [6.45, 7) is 1.04. The third-order valence-corrected chi connectivity index (χ3v) is 4.12. The third-order valence-electron chi connectivity index (χ3n) is 4.12. The van der Waals surface area contributed by atoms with Crippen molar-refractivity contribution in [2.24, 2.45) is 0 Å². The molecule has 0 aliphatic carbocycles. The third kappa shape index (κ3) is 4.58. The molecule has 1 amide bonds. The van der Waals surface area contributed by atoms with Crippen LogP contribution in [0.1, 0.15) is 11.1 Å². The first kappa shape index (κ1) is 17.9. The zero-order valence-electron chi connectivity index (χ0n) is 14.2. The van der Waals surface area contributed by atoms with E-state index in [4.69, 9.17) is 9.47 Å². The summed E-state index contributed by atoms with van der Waals surface area (Å²) in [7, 11) is 0. The molecule has 2 aromatic rings. The summed E-state index contributed by atoms with van der Waals surface area (Å²) in [5.74, 6) is -0.632. The SMILES string of the molecule is O=C(O)C1COCCN1C(=O)Cc1cccc(OCc2cccnc2)c1. The largest absolute Gasteiger partial charge is 0.489 e. The van der Waals surface area contributed by atoms with E-state index in [0.29, 0.717) is 19.0 Å².